The quantitative estimate of drug-likeness (QED) is 0.798. The van der Waals surface area contributed by atoms with Gasteiger partial charge in [-0.15, -0.1) is 0 Å². The first-order valence-corrected chi connectivity index (χ1v) is 6.60. The molecule has 0 radical (unpaired) electrons. The van der Waals surface area contributed by atoms with Crippen LogP contribution < -0.4 is 0 Å². The van der Waals surface area contributed by atoms with E-state index < -0.39 is 10.0 Å². The lowest BCUT2D eigenvalue weighted by molar-refractivity contribution is 0.456. The molecule has 0 bridgehead atoms. The summed E-state index contributed by atoms with van der Waals surface area (Å²) in [7, 11) is -2.25. The van der Waals surface area contributed by atoms with E-state index in [1.165, 1.54) is 13.4 Å². The molecule has 2 rings (SSSR count). The summed E-state index contributed by atoms with van der Waals surface area (Å²) >= 11 is 5.50. The van der Waals surface area contributed by atoms with Crippen LogP contribution in [-0.4, -0.2) is 44.9 Å². The highest BCUT2D eigenvalue weighted by atomic mass is 35.5. The van der Waals surface area contributed by atoms with Crippen LogP contribution in [0.4, 0.5) is 0 Å². The van der Waals surface area contributed by atoms with Crippen molar-refractivity contribution >= 4 is 21.6 Å². The predicted octanol–water partition coefficient (Wildman–Crippen LogP) is 0.0688. The predicted molar refractivity (Wildman–Crippen MR) is 62.1 cm³/mol. The Kier molecular flexibility index (Phi) is 3.55. The van der Waals surface area contributed by atoms with Crippen LogP contribution in [0.3, 0.4) is 0 Å². The normalized spacial score (nSPS) is 11.9. The van der Waals surface area contributed by atoms with Gasteiger partial charge in [0, 0.05) is 7.05 Å². The molecule has 8 nitrogen and oxygen atoms in total. The van der Waals surface area contributed by atoms with Crippen LogP contribution in [0.25, 0.3) is 0 Å². The van der Waals surface area contributed by atoms with Crippen molar-refractivity contribution in [3.8, 4) is 0 Å². The molecule has 0 fully saturated rings. The molecule has 0 aliphatic rings. The van der Waals surface area contributed by atoms with E-state index in [9.17, 15) is 8.42 Å². The molecule has 2 aromatic heterocycles. The van der Waals surface area contributed by atoms with Crippen molar-refractivity contribution < 1.29 is 8.42 Å². The number of hydrogen-bond acceptors (Lipinski definition) is 6. The third-order valence-corrected chi connectivity index (χ3v) is 4.09. The minimum atomic E-state index is -3.67. The SMILES string of the molecule is CN(Cc1ncn[nH]1)S(=O)(=O)c1cnc(Cl)nc1. The van der Waals surface area contributed by atoms with Crippen LogP contribution in [0.15, 0.2) is 23.6 Å². The number of halogens is 1. The van der Waals surface area contributed by atoms with Crippen LogP contribution in [-0.2, 0) is 16.6 Å². The summed E-state index contributed by atoms with van der Waals surface area (Å²) in [4.78, 5) is 11.1. The van der Waals surface area contributed by atoms with E-state index in [-0.39, 0.29) is 16.7 Å². The Balaban J connectivity index is 2.22. The van der Waals surface area contributed by atoms with Gasteiger partial charge in [0.25, 0.3) is 0 Å². The maximum atomic E-state index is 12.1. The first-order chi connectivity index (χ1) is 8.50. The van der Waals surface area contributed by atoms with Gasteiger partial charge >= 0.3 is 0 Å². The van der Waals surface area contributed by atoms with E-state index in [2.05, 4.69) is 25.1 Å². The Morgan fingerprint density at radius 2 is 2.00 bits per heavy atom. The second-order valence-corrected chi connectivity index (χ2v) is 5.76. The molecule has 0 amide bonds. The number of nitrogens with one attached hydrogen (secondary N) is 1. The van der Waals surface area contributed by atoms with Gasteiger partial charge < -0.3 is 0 Å². The first kappa shape index (κ1) is 12.9. The Hall–Kier alpha value is -1.58. The second-order valence-electron chi connectivity index (χ2n) is 3.38. The fourth-order valence-corrected chi connectivity index (χ4v) is 2.34. The van der Waals surface area contributed by atoms with Crippen molar-refractivity contribution in [2.45, 2.75) is 11.4 Å². The fourth-order valence-electron chi connectivity index (χ4n) is 1.22. The summed E-state index contributed by atoms with van der Waals surface area (Å²) in [6.07, 6.45) is 3.62. The molecule has 0 saturated heterocycles. The standard InChI is InChI=1S/C8H9ClN6O2S/c1-15(4-7-12-5-13-14-7)18(16,17)6-2-10-8(9)11-3-6/h2-3,5H,4H2,1H3,(H,12,13,14). The number of aromatic nitrogens is 5. The molecule has 2 heterocycles. The number of rotatable bonds is 4. The molecule has 0 unspecified atom stereocenters. The van der Waals surface area contributed by atoms with E-state index in [4.69, 9.17) is 11.6 Å². The van der Waals surface area contributed by atoms with Crippen molar-refractivity contribution in [2.24, 2.45) is 0 Å². The summed E-state index contributed by atoms with van der Waals surface area (Å²) < 4.78 is 25.3. The molecule has 0 saturated carbocycles. The van der Waals surface area contributed by atoms with Gasteiger partial charge in [-0.25, -0.2) is 23.4 Å². The average molecular weight is 289 g/mol. The lowest BCUT2D eigenvalue weighted by Crippen LogP contribution is -2.27. The maximum Gasteiger partial charge on any atom is 0.246 e. The van der Waals surface area contributed by atoms with Gasteiger partial charge in [-0.05, 0) is 11.6 Å². The topological polar surface area (TPSA) is 105 Å². The molecule has 2 aromatic rings. The number of H-pyrrole nitrogens is 1. The Morgan fingerprint density at radius 3 is 2.56 bits per heavy atom. The molecular weight excluding hydrogens is 280 g/mol. The van der Waals surface area contributed by atoms with E-state index in [0.717, 1.165) is 16.7 Å². The van der Waals surface area contributed by atoms with Gasteiger partial charge in [-0.1, -0.05) is 0 Å². The highest BCUT2D eigenvalue weighted by Gasteiger charge is 2.22. The number of hydrogen-bond donors (Lipinski definition) is 1. The minimum Gasteiger partial charge on any atom is -0.262 e. The summed E-state index contributed by atoms with van der Waals surface area (Å²) in [6, 6.07) is 0. The van der Waals surface area contributed by atoms with Gasteiger partial charge in [-0.2, -0.15) is 9.40 Å². The van der Waals surface area contributed by atoms with Crippen LogP contribution in [0.1, 0.15) is 5.82 Å². The first-order valence-electron chi connectivity index (χ1n) is 4.78. The van der Waals surface area contributed by atoms with E-state index in [1.54, 1.807) is 0 Å². The summed E-state index contributed by atoms with van der Waals surface area (Å²) in [5, 5.41) is 6.22. The van der Waals surface area contributed by atoms with Gasteiger partial charge in [-0.3, -0.25) is 5.10 Å². The second kappa shape index (κ2) is 4.96. The molecule has 0 aromatic carbocycles. The van der Waals surface area contributed by atoms with E-state index in [0.29, 0.717) is 5.82 Å². The van der Waals surface area contributed by atoms with Crippen molar-refractivity contribution in [2.75, 3.05) is 7.05 Å². The monoisotopic (exact) mass is 288 g/mol. The van der Waals surface area contributed by atoms with Crippen molar-refractivity contribution in [1.29, 1.82) is 0 Å². The highest BCUT2D eigenvalue weighted by Crippen LogP contribution is 2.14. The van der Waals surface area contributed by atoms with Crippen LogP contribution in [0.5, 0.6) is 0 Å². The number of sulfonamides is 1. The molecular formula is C8H9ClN6O2S. The molecule has 18 heavy (non-hydrogen) atoms. The molecule has 0 spiro atoms. The largest absolute Gasteiger partial charge is 0.262 e. The van der Waals surface area contributed by atoms with Gasteiger partial charge in [0.1, 0.15) is 17.0 Å². The lowest BCUT2D eigenvalue weighted by atomic mass is 10.6. The molecule has 0 atom stereocenters. The zero-order valence-electron chi connectivity index (χ0n) is 9.28. The Bertz CT molecular complexity index is 612. The van der Waals surface area contributed by atoms with Crippen molar-refractivity contribution in [3.63, 3.8) is 0 Å². The third-order valence-electron chi connectivity index (χ3n) is 2.14. The summed E-state index contributed by atoms with van der Waals surface area (Å²) in [5.74, 6) is 0.441. The minimum absolute atomic E-state index is 0.00756. The molecule has 10 heteroatoms. The van der Waals surface area contributed by atoms with E-state index in [1.807, 2.05) is 0 Å². The highest BCUT2D eigenvalue weighted by molar-refractivity contribution is 7.89. The van der Waals surface area contributed by atoms with Crippen molar-refractivity contribution in [3.05, 3.63) is 29.8 Å². The Labute approximate surface area is 108 Å². The smallest absolute Gasteiger partial charge is 0.246 e. The summed E-state index contributed by atoms with van der Waals surface area (Å²) in [6.45, 7) is 0.0744. The summed E-state index contributed by atoms with van der Waals surface area (Å²) in [5.41, 5.74) is 0. The molecule has 96 valence electrons. The molecule has 0 aliphatic heterocycles. The molecule has 1 N–H and O–H groups in total. The van der Waals surface area contributed by atoms with Crippen LogP contribution >= 0.6 is 11.6 Å². The third kappa shape index (κ3) is 2.63. The number of nitrogens with zero attached hydrogens (tertiary/aromatic N) is 5. The van der Waals surface area contributed by atoms with Gasteiger partial charge in [0.15, 0.2) is 0 Å². The zero-order chi connectivity index (χ0) is 13.2. The number of aromatic amines is 1. The maximum absolute atomic E-state index is 12.1. The zero-order valence-corrected chi connectivity index (χ0v) is 10.9. The van der Waals surface area contributed by atoms with Gasteiger partial charge in [0.2, 0.25) is 15.3 Å². The van der Waals surface area contributed by atoms with Crippen LogP contribution in [0, 0.1) is 0 Å². The van der Waals surface area contributed by atoms with Gasteiger partial charge in [0.05, 0.1) is 18.9 Å². The average Bonchev–Trinajstić information content (AvgIpc) is 2.82. The Morgan fingerprint density at radius 1 is 1.33 bits per heavy atom. The van der Waals surface area contributed by atoms with E-state index >= 15 is 0 Å². The lowest BCUT2D eigenvalue weighted by Gasteiger charge is -2.14. The fraction of sp³-hybridized carbons (Fsp3) is 0.250. The molecule has 0 aliphatic carbocycles. The van der Waals surface area contributed by atoms with Crippen LogP contribution in [0.2, 0.25) is 5.28 Å². The van der Waals surface area contributed by atoms with Crippen molar-refractivity contribution in [1.82, 2.24) is 29.5 Å².